The predicted octanol–water partition coefficient (Wildman–Crippen LogP) is 0.775. The summed E-state index contributed by atoms with van der Waals surface area (Å²) in [6, 6.07) is 0.0330. The number of aliphatic carboxylic acids is 1. The second-order valence-corrected chi connectivity index (χ2v) is 5.22. The number of hydrogen-bond acceptors (Lipinski definition) is 4. The van der Waals surface area contributed by atoms with E-state index in [1.807, 2.05) is 0 Å². The first-order valence-electron chi connectivity index (χ1n) is 4.22. The van der Waals surface area contributed by atoms with Crippen LogP contribution in [0.1, 0.15) is 10.4 Å². The number of carboxylic acids is 1. The van der Waals surface area contributed by atoms with Crippen molar-refractivity contribution in [2.75, 3.05) is 6.26 Å². The molecule has 0 aliphatic carbocycles. The summed E-state index contributed by atoms with van der Waals surface area (Å²) < 4.78 is 61.9. The number of halogens is 3. The molecule has 0 heterocycles. The molecule has 0 saturated heterocycles. The Kier molecular flexibility index (Phi) is 3.47. The van der Waals surface area contributed by atoms with Gasteiger partial charge in [0.05, 0.1) is 5.56 Å². The molecule has 0 fully saturated rings. The van der Waals surface area contributed by atoms with Crippen LogP contribution in [0, 0.1) is 17.5 Å². The minimum absolute atomic E-state index is 0.0330. The molecule has 0 aliphatic heterocycles. The van der Waals surface area contributed by atoms with Gasteiger partial charge < -0.3 is 5.11 Å². The van der Waals surface area contributed by atoms with E-state index in [1.54, 1.807) is 0 Å². The second-order valence-electron chi connectivity index (χ2n) is 3.27. The molecule has 0 bridgehead atoms. The van der Waals surface area contributed by atoms with E-state index >= 15 is 0 Å². The van der Waals surface area contributed by atoms with Gasteiger partial charge in [-0.1, -0.05) is 0 Å². The van der Waals surface area contributed by atoms with Crippen LogP contribution in [-0.4, -0.2) is 31.5 Å². The fourth-order valence-electron chi connectivity index (χ4n) is 1.20. The normalized spacial score (nSPS) is 11.3. The van der Waals surface area contributed by atoms with Gasteiger partial charge in [0.25, 0.3) is 5.78 Å². The third-order valence-corrected chi connectivity index (χ3v) is 3.04. The minimum atomic E-state index is -4.40. The molecule has 0 aliphatic rings. The Balaban J connectivity index is 3.68. The molecule has 0 atom stereocenters. The quantitative estimate of drug-likeness (QED) is 0.502. The van der Waals surface area contributed by atoms with Crippen molar-refractivity contribution in [3.05, 3.63) is 29.1 Å². The second kappa shape index (κ2) is 4.41. The Bertz CT molecular complexity index is 651. The number of benzene rings is 1. The summed E-state index contributed by atoms with van der Waals surface area (Å²) in [4.78, 5) is 19.6. The van der Waals surface area contributed by atoms with Gasteiger partial charge >= 0.3 is 5.97 Å². The van der Waals surface area contributed by atoms with Gasteiger partial charge in [-0.3, -0.25) is 4.79 Å². The van der Waals surface area contributed by atoms with Crippen LogP contribution in [0.5, 0.6) is 0 Å². The Morgan fingerprint density at radius 2 is 1.67 bits per heavy atom. The summed E-state index contributed by atoms with van der Waals surface area (Å²) in [5, 5.41) is 8.29. The number of Topliss-reactive ketones (excluding diaryl/α,β-unsaturated/α-hetero) is 1. The smallest absolute Gasteiger partial charge is 0.377 e. The highest BCUT2D eigenvalue weighted by atomic mass is 32.2. The molecule has 0 saturated carbocycles. The highest BCUT2D eigenvalue weighted by Gasteiger charge is 2.30. The first-order chi connectivity index (χ1) is 8.07. The van der Waals surface area contributed by atoms with Crippen molar-refractivity contribution in [2.45, 2.75) is 4.90 Å². The minimum Gasteiger partial charge on any atom is -0.475 e. The maximum absolute atomic E-state index is 13.3. The Morgan fingerprint density at radius 3 is 2.06 bits per heavy atom. The monoisotopic (exact) mass is 282 g/mol. The van der Waals surface area contributed by atoms with Gasteiger partial charge in [0.1, 0.15) is 10.7 Å². The number of carbonyl (C=O) groups is 2. The third kappa shape index (κ3) is 2.35. The van der Waals surface area contributed by atoms with Gasteiger partial charge in [-0.15, -0.1) is 0 Å². The molecule has 18 heavy (non-hydrogen) atoms. The van der Waals surface area contributed by atoms with Crippen LogP contribution in [0.25, 0.3) is 0 Å². The zero-order valence-corrected chi connectivity index (χ0v) is 9.52. The third-order valence-electron chi connectivity index (χ3n) is 1.93. The standard InChI is InChI=1S/C9H5F3O5S/c1-18(16,17)8-4(10)2-3(5(11)6(8)12)7(13)9(14)15/h2H,1H3,(H,14,15). The van der Waals surface area contributed by atoms with Crippen molar-refractivity contribution < 1.29 is 36.3 Å². The Hall–Kier alpha value is -1.90. The lowest BCUT2D eigenvalue weighted by Crippen LogP contribution is -2.18. The molecule has 0 radical (unpaired) electrons. The number of sulfone groups is 1. The van der Waals surface area contributed by atoms with Gasteiger partial charge in [0.15, 0.2) is 21.5 Å². The fourth-order valence-corrected chi connectivity index (χ4v) is 2.03. The number of ketones is 1. The van der Waals surface area contributed by atoms with Crippen molar-refractivity contribution in [3.8, 4) is 0 Å². The highest BCUT2D eigenvalue weighted by molar-refractivity contribution is 7.90. The lowest BCUT2D eigenvalue weighted by Gasteiger charge is -2.06. The first kappa shape index (κ1) is 14.2. The van der Waals surface area contributed by atoms with Crippen molar-refractivity contribution in [1.82, 2.24) is 0 Å². The van der Waals surface area contributed by atoms with Crippen molar-refractivity contribution in [3.63, 3.8) is 0 Å². The molecule has 1 rings (SSSR count). The van der Waals surface area contributed by atoms with Crippen LogP contribution in [0.15, 0.2) is 11.0 Å². The molecule has 0 aromatic heterocycles. The van der Waals surface area contributed by atoms with Gasteiger partial charge in [-0.2, -0.15) is 0 Å². The number of carboxylic acid groups (broad SMARTS) is 1. The highest BCUT2D eigenvalue weighted by Crippen LogP contribution is 2.24. The van der Waals surface area contributed by atoms with Crippen molar-refractivity contribution >= 4 is 21.6 Å². The topological polar surface area (TPSA) is 88.5 Å². The summed E-state index contributed by atoms with van der Waals surface area (Å²) in [6.07, 6.45) is 0.437. The van der Waals surface area contributed by atoms with Crippen LogP contribution in [0.3, 0.4) is 0 Å². The van der Waals surface area contributed by atoms with E-state index in [0.717, 1.165) is 0 Å². The molecule has 1 aromatic rings. The molecular weight excluding hydrogens is 277 g/mol. The fraction of sp³-hybridized carbons (Fsp3) is 0.111. The summed E-state index contributed by atoms with van der Waals surface area (Å²) in [5.41, 5.74) is -1.38. The molecule has 9 heteroatoms. The Labute approximate surface area is 98.8 Å². The molecule has 98 valence electrons. The maximum Gasteiger partial charge on any atom is 0.377 e. The number of hydrogen-bond donors (Lipinski definition) is 1. The molecule has 1 aromatic carbocycles. The molecular formula is C9H5F3O5S. The van der Waals surface area contributed by atoms with E-state index in [1.165, 1.54) is 0 Å². The van der Waals surface area contributed by atoms with Gasteiger partial charge in [0, 0.05) is 6.26 Å². The van der Waals surface area contributed by atoms with Crippen LogP contribution in [-0.2, 0) is 14.6 Å². The summed E-state index contributed by atoms with van der Waals surface area (Å²) >= 11 is 0. The molecule has 0 unspecified atom stereocenters. The van der Waals surface area contributed by atoms with E-state index in [4.69, 9.17) is 5.11 Å². The Morgan fingerprint density at radius 1 is 1.17 bits per heavy atom. The average Bonchev–Trinajstić information content (AvgIpc) is 2.20. The molecule has 0 spiro atoms. The zero-order valence-electron chi connectivity index (χ0n) is 8.70. The van der Waals surface area contributed by atoms with Crippen LogP contribution >= 0.6 is 0 Å². The van der Waals surface area contributed by atoms with Crippen LogP contribution in [0.4, 0.5) is 13.2 Å². The summed E-state index contributed by atoms with van der Waals surface area (Å²) in [6.45, 7) is 0. The van der Waals surface area contributed by atoms with Crippen molar-refractivity contribution in [1.29, 1.82) is 0 Å². The maximum atomic E-state index is 13.3. The van der Waals surface area contributed by atoms with E-state index in [9.17, 15) is 31.2 Å². The zero-order chi connectivity index (χ0) is 14.2. The predicted molar refractivity (Wildman–Crippen MR) is 51.4 cm³/mol. The van der Waals surface area contributed by atoms with E-state index < -0.39 is 49.5 Å². The van der Waals surface area contributed by atoms with Gasteiger partial charge in [-0.05, 0) is 6.07 Å². The largest absolute Gasteiger partial charge is 0.475 e. The first-order valence-corrected chi connectivity index (χ1v) is 6.11. The summed E-state index contributed by atoms with van der Waals surface area (Å²) in [5.74, 6) is -9.89. The van der Waals surface area contributed by atoms with E-state index in [-0.39, 0.29) is 6.07 Å². The molecule has 0 amide bonds. The van der Waals surface area contributed by atoms with Crippen LogP contribution < -0.4 is 0 Å². The van der Waals surface area contributed by atoms with Crippen molar-refractivity contribution in [2.24, 2.45) is 0 Å². The SMILES string of the molecule is CS(=O)(=O)c1c(F)cc(C(=O)C(=O)O)c(F)c1F. The lowest BCUT2D eigenvalue weighted by molar-refractivity contribution is -0.131. The van der Waals surface area contributed by atoms with Gasteiger partial charge in [-0.25, -0.2) is 26.4 Å². The van der Waals surface area contributed by atoms with E-state index in [2.05, 4.69) is 0 Å². The van der Waals surface area contributed by atoms with Crippen LogP contribution in [0.2, 0.25) is 0 Å². The van der Waals surface area contributed by atoms with E-state index in [0.29, 0.717) is 6.26 Å². The number of carbonyl (C=O) groups excluding carboxylic acids is 1. The number of rotatable bonds is 3. The van der Waals surface area contributed by atoms with Gasteiger partial charge in [0.2, 0.25) is 0 Å². The lowest BCUT2D eigenvalue weighted by atomic mass is 10.1. The molecule has 5 nitrogen and oxygen atoms in total. The average molecular weight is 282 g/mol. The summed E-state index contributed by atoms with van der Waals surface area (Å²) in [7, 11) is -4.40. The molecule has 1 N–H and O–H groups in total.